The third kappa shape index (κ3) is 3.28. The smallest absolute Gasteiger partial charge is 0.246 e. The molecule has 1 heterocycles. The molecule has 1 aromatic rings. The molecule has 1 amide bonds. The van der Waals surface area contributed by atoms with E-state index in [0.717, 1.165) is 28.8 Å². The van der Waals surface area contributed by atoms with Gasteiger partial charge in [-0.25, -0.2) is 0 Å². The van der Waals surface area contributed by atoms with Gasteiger partial charge in [-0.05, 0) is 38.5 Å². The molecule has 0 atom stereocenters. The summed E-state index contributed by atoms with van der Waals surface area (Å²) in [5.41, 5.74) is 7.85. The molecule has 0 aromatic heterocycles. The number of likely N-dealkylation sites (N-methyl/N-ethyl adjacent to an activating group) is 1. The number of nitrogens with two attached hydrogens (primary N) is 1. The lowest BCUT2D eigenvalue weighted by Gasteiger charge is -2.36. The maximum absolute atomic E-state index is 12.0. The highest BCUT2D eigenvalue weighted by molar-refractivity contribution is 9.10. The lowest BCUT2D eigenvalue weighted by Crippen LogP contribution is -2.46. The summed E-state index contributed by atoms with van der Waals surface area (Å²) in [4.78, 5) is 15.8. The molecule has 2 rings (SSSR count). The molecule has 19 heavy (non-hydrogen) atoms. The molecule has 0 saturated heterocycles. The maximum atomic E-state index is 12.0. The minimum atomic E-state index is -0.224. The predicted molar refractivity (Wildman–Crippen MR) is 82.6 cm³/mol. The molecule has 1 aliphatic heterocycles. The van der Waals surface area contributed by atoms with Crippen LogP contribution in [0.25, 0.3) is 0 Å². The van der Waals surface area contributed by atoms with Crippen molar-refractivity contribution >= 4 is 33.2 Å². The Bertz CT molecular complexity index is 496. The molecule has 2 N–H and O–H groups in total. The fourth-order valence-corrected chi connectivity index (χ4v) is 2.49. The molecule has 0 fully saturated rings. The van der Waals surface area contributed by atoms with E-state index in [2.05, 4.69) is 26.9 Å². The molecular formula is C14H20BrN3O. The second-order valence-electron chi connectivity index (χ2n) is 5.75. The predicted octanol–water partition coefficient (Wildman–Crippen LogP) is 2.36. The van der Waals surface area contributed by atoms with Gasteiger partial charge in [0, 0.05) is 23.6 Å². The Kier molecular flexibility index (Phi) is 3.87. The largest absolute Gasteiger partial charge is 0.360 e. The first-order chi connectivity index (χ1) is 8.78. The van der Waals surface area contributed by atoms with Crippen LogP contribution in [0.15, 0.2) is 22.7 Å². The van der Waals surface area contributed by atoms with Gasteiger partial charge in [-0.15, -0.1) is 0 Å². The van der Waals surface area contributed by atoms with Gasteiger partial charge in [-0.3, -0.25) is 4.79 Å². The number of halogens is 1. The standard InChI is InChI=1S/C14H20BrN3O/c1-14(2,16)6-7-18-9-13(19)17(3)11-5-4-10(15)8-12(11)18/h4-5,8H,6-7,9,16H2,1-3H3. The summed E-state index contributed by atoms with van der Waals surface area (Å²) in [6.07, 6.45) is 0.843. The molecule has 0 bridgehead atoms. The lowest BCUT2D eigenvalue weighted by atomic mass is 10.0. The van der Waals surface area contributed by atoms with Crippen LogP contribution in [0.4, 0.5) is 11.4 Å². The summed E-state index contributed by atoms with van der Waals surface area (Å²) in [5, 5.41) is 0. The highest BCUT2D eigenvalue weighted by atomic mass is 79.9. The Morgan fingerprint density at radius 3 is 2.68 bits per heavy atom. The van der Waals surface area contributed by atoms with E-state index in [-0.39, 0.29) is 11.4 Å². The molecule has 1 aromatic carbocycles. The summed E-state index contributed by atoms with van der Waals surface area (Å²) in [7, 11) is 1.82. The van der Waals surface area contributed by atoms with E-state index in [9.17, 15) is 4.79 Å². The van der Waals surface area contributed by atoms with Gasteiger partial charge in [0.05, 0.1) is 17.9 Å². The number of benzene rings is 1. The number of rotatable bonds is 3. The van der Waals surface area contributed by atoms with E-state index in [4.69, 9.17) is 5.73 Å². The molecule has 4 nitrogen and oxygen atoms in total. The van der Waals surface area contributed by atoms with E-state index in [1.165, 1.54) is 0 Å². The quantitative estimate of drug-likeness (QED) is 0.928. The number of anilines is 2. The average Bonchev–Trinajstić information content (AvgIpc) is 2.31. The van der Waals surface area contributed by atoms with Gasteiger partial charge < -0.3 is 15.5 Å². The molecule has 0 radical (unpaired) electrons. The summed E-state index contributed by atoms with van der Waals surface area (Å²) in [5.74, 6) is 0.115. The van der Waals surface area contributed by atoms with Crippen LogP contribution in [0.3, 0.4) is 0 Å². The number of amides is 1. The molecule has 104 valence electrons. The average molecular weight is 326 g/mol. The zero-order valence-electron chi connectivity index (χ0n) is 11.6. The van der Waals surface area contributed by atoms with Gasteiger partial charge in [0.2, 0.25) is 5.91 Å². The van der Waals surface area contributed by atoms with Crippen molar-refractivity contribution in [2.24, 2.45) is 5.73 Å². The highest BCUT2D eigenvalue weighted by Gasteiger charge is 2.27. The Hall–Kier alpha value is -1.07. The Labute approximate surface area is 122 Å². The van der Waals surface area contributed by atoms with Crippen LogP contribution >= 0.6 is 15.9 Å². The highest BCUT2D eigenvalue weighted by Crippen LogP contribution is 2.35. The van der Waals surface area contributed by atoms with Gasteiger partial charge in [-0.2, -0.15) is 0 Å². The molecule has 1 aliphatic rings. The maximum Gasteiger partial charge on any atom is 0.246 e. The van der Waals surface area contributed by atoms with Crippen LogP contribution in [0, 0.1) is 0 Å². The van der Waals surface area contributed by atoms with Crippen LogP contribution in [0.1, 0.15) is 20.3 Å². The number of fused-ring (bicyclic) bond motifs is 1. The minimum Gasteiger partial charge on any atom is -0.360 e. The van der Waals surface area contributed by atoms with Crippen molar-refractivity contribution in [3.63, 3.8) is 0 Å². The number of carbonyl (C=O) groups excluding carboxylic acids is 1. The minimum absolute atomic E-state index is 0.115. The first-order valence-electron chi connectivity index (χ1n) is 6.38. The van der Waals surface area contributed by atoms with Crippen LogP contribution in [0.2, 0.25) is 0 Å². The molecule has 0 spiro atoms. The van der Waals surface area contributed by atoms with Gasteiger partial charge in [0.25, 0.3) is 0 Å². The molecular weight excluding hydrogens is 306 g/mol. The van der Waals surface area contributed by atoms with Crippen molar-refractivity contribution in [1.29, 1.82) is 0 Å². The van der Waals surface area contributed by atoms with Crippen molar-refractivity contribution in [2.75, 3.05) is 29.9 Å². The first-order valence-corrected chi connectivity index (χ1v) is 7.17. The fraction of sp³-hybridized carbons (Fsp3) is 0.500. The van der Waals surface area contributed by atoms with Gasteiger partial charge in [-0.1, -0.05) is 15.9 Å². The number of hydrogen-bond donors (Lipinski definition) is 1. The molecule has 0 saturated carbocycles. The Morgan fingerprint density at radius 1 is 1.37 bits per heavy atom. The topological polar surface area (TPSA) is 49.6 Å². The van der Waals surface area contributed by atoms with Gasteiger partial charge >= 0.3 is 0 Å². The third-order valence-corrected chi connectivity index (χ3v) is 3.86. The fourth-order valence-electron chi connectivity index (χ4n) is 2.14. The summed E-state index contributed by atoms with van der Waals surface area (Å²) in [6, 6.07) is 5.98. The SMILES string of the molecule is CN1C(=O)CN(CCC(C)(C)N)c2cc(Br)ccc21. The summed E-state index contributed by atoms with van der Waals surface area (Å²) in [6.45, 7) is 5.21. The third-order valence-electron chi connectivity index (χ3n) is 3.37. The van der Waals surface area contributed by atoms with Gasteiger partial charge in [0.15, 0.2) is 0 Å². The van der Waals surface area contributed by atoms with Crippen molar-refractivity contribution in [3.8, 4) is 0 Å². The zero-order valence-corrected chi connectivity index (χ0v) is 13.2. The second-order valence-corrected chi connectivity index (χ2v) is 6.66. The van der Waals surface area contributed by atoms with Crippen LogP contribution in [-0.2, 0) is 4.79 Å². The van der Waals surface area contributed by atoms with Crippen molar-refractivity contribution in [3.05, 3.63) is 22.7 Å². The van der Waals surface area contributed by atoms with Crippen molar-refractivity contribution in [1.82, 2.24) is 0 Å². The lowest BCUT2D eigenvalue weighted by molar-refractivity contribution is -0.117. The number of nitrogens with zero attached hydrogens (tertiary/aromatic N) is 2. The summed E-state index contributed by atoms with van der Waals surface area (Å²) >= 11 is 3.49. The zero-order chi connectivity index (χ0) is 14.2. The van der Waals surface area contributed by atoms with E-state index < -0.39 is 0 Å². The second kappa shape index (κ2) is 5.13. The number of hydrogen-bond acceptors (Lipinski definition) is 3. The summed E-state index contributed by atoms with van der Waals surface area (Å²) < 4.78 is 1.02. The van der Waals surface area contributed by atoms with Gasteiger partial charge in [0.1, 0.15) is 0 Å². The normalized spacial score (nSPS) is 15.7. The number of carbonyl (C=O) groups is 1. The van der Waals surface area contributed by atoms with Crippen molar-refractivity contribution < 1.29 is 4.79 Å². The monoisotopic (exact) mass is 325 g/mol. The van der Waals surface area contributed by atoms with Crippen LogP contribution < -0.4 is 15.5 Å². The van der Waals surface area contributed by atoms with Crippen molar-refractivity contribution in [2.45, 2.75) is 25.8 Å². The van der Waals surface area contributed by atoms with Crippen LogP contribution in [-0.4, -0.2) is 31.6 Å². The van der Waals surface area contributed by atoms with Crippen LogP contribution in [0.5, 0.6) is 0 Å². The first kappa shape index (κ1) is 14.3. The molecule has 5 heteroatoms. The van der Waals surface area contributed by atoms with E-state index in [1.54, 1.807) is 4.90 Å². The van der Waals surface area contributed by atoms with E-state index in [0.29, 0.717) is 6.54 Å². The molecule has 0 aliphatic carbocycles. The van der Waals surface area contributed by atoms with E-state index >= 15 is 0 Å². The Morgan fingerprint density at radius 2 is 2.05 bits per heavy atom. The molecule has 0 unspecified atom stereocenters. The Balaban J connectivity index is 2.29. The van der Waals surface area contributed by atoms with E-state index in [1.807, 2.05) is 33.0 Å².